The molecular weight excluding hydrogens is 414 g/mol. The van der Waals surface area contributed by atoms with E-state index in [1.165, 1.54) is 12.8 Å². The first-order valence-corrected chi connectivity index (χ1v) is 11.6. The van der Waals surface area contributed by atoms with Gasteiger partial charge in [0.2, 0.25) is 0 Å². The van der Waals surface area contributed by atoms with Gasteiger partial charge in [-0.15, -0.1) is 5.10 Å². The Bertz CT molecular complexity index is 1310. The fourth-order valence-electron chi connectivity index (χ4n) is 4.94. The number of hydrogen-bond acceptors (Lipinski definition) is 6. The van der Waals surface area contributed by atoms with E-state index in [-0.39, 0.29) is 5.56 Å². The van der Waals surface area contributed by atoms with Crippen LogP contribution >= 0.6 is 0 Å². The highest BCUT2D eigenvalue weighted by Gasteiger charge is 2.23. The fourth-order valence-corrected chi connectivity index (χ4v) is 4.94. The third kappa shape index (κ3) is 4.71. The van der Waals surface area contributed by atoms with Gasteiger partial charge in [-0.2, -0.15) is 0 Å². The topological polar surface area (TPSA) is 92.6 Å². The molecular formula is C25H29N7O. The quantitative estimate of drug-likeness (QED) is 0.466. The summed E-state index contributed by atoms with van der Waals surface area (Å²) in [5, 5.41) is 13.7. The van der Waals surface area contributed by atoms with Gasteiger partial charge in [0.15, 0.2) is 5.82 Å². The van der Waals surface area contributed by atoms with Crippen LogP contribution in [0.1, 0.15) is 59.8 Å². The first-order chi connectivity index (χ1) is 16.1. The fraction of sp³-hybridized carbons (Fsp3) is 0.400. The first kappa shape index (κ1) is 21.5. The van der Waals surface area contributed by atoms with E-state index < -0.39 is 0 Å². The van der Waals surface area contributed by atoms with Crippen molar-refractivity contribution in [1.29, 1.82) is 0 Å². The van der Waals surface area contributed by atoms with Crippen molar-refractivity contribution in [2.45, 2.75) is 65.2 Å². The normalized spacial score (nSPS) is 14.5. The van der Waals surface area contributed by atoms with Crippen molar-refractivity contribution in [3.05, 3.63) is 81.2 Å². The molecule has 0 amide bonds. The van der Waals surface area contributed by atoms with Gasteiger partial charge < -0.3 is 4.98 Å². The molecule has 33 heavy (non-hydrogen) atoms. The molecule has 1 aromatic carbocycles. The van der Waals surface area contributed by atoms with Crippen LogP contribution in [-0.4, -0.2) is 35.1 Å². The summed E-state index contributed by atoms with van der Waals surface area (Å²) in [7, 11) is 0. The summed E-state index contributed by atoms with van der Waals surface area (Å²) in [6.07, 6.45) is 8.30. The molecule has 0 unspecified atom stereocenters. The maximum Gasteiger partial charge on any atom is 0.252 e. The second-order valence-electron chi connectivity index (χ2n) is 9.15. The molecule has 0 bridgehead atoms. The lowest BCUT2D eigenvalue weighted by atomic mass is 10.0. The number of benzene rings is 1. The number of hydrogen-bond donors (Lipinski definition) is 1. The van der Waals surface area contributed by atoms with Gasteiger partial charge in [0.05, 0.1) is 12.6 Å². The summed E-state index contributed by atoms with van der Waals surface area (Å²) < 4.78 is 1.99. The summed E-state index contributed by atoms with van der Waals surface area (Å²) in [4.78, 5) is 22.5. The molecule has 8 nitrogen and oxygen atoms in total. The molecule has 0 radical (unpaired) electrons. The van der Waals surface area contributed by atoms with Crippen molar-refractivity contribution < 1.29 is 0 Å². The van der Waals surface area contributed by atoms with E-state index in [1.54, 1.807) is 6.20 Å². The number of rotatable bonds is 7. The molecule has 0 atom stereocenters. The number of nitrogens with zero attached hydrogens (tertiary/aromatic N) is 6. The minimum absolute atomic E-state index is 0.0564. The Morgan fingerprint density at radius 2 is 1.97 bits per heavy atom. The highest BCUT2D eigenvalue weighted by molar-refractivity contribution is 5.83. The molecule has 5 rings (SSSR count). The highest BCUT2D eigenvalue weighted by atomic mass is 16.1. The van der Waals surface area contributed by atoms with Gasteiger partial charge in [-0.05, 0) is 72.0 Å². The third-order valence-electron chi connectivity index (χ3n) is 6.51. The Balaban J connectivity index is 1.47. The summed E-state index contributed by atoms with van der Waals surface area (Å²) in [6, 6.07) is 10.6. The average Bonchev–Trinajstić information content (AvgIpc) is 3.47. The molecule has 0 aliphatic heterocycles. The molecule has 1 aliphatic rings. The van der Waals surface area contributed by atoms with E-state index in [4.69, 9.17) is 0 Å². The van der Waals surface area contributed by atoms with Crippen molar-refractivity contribution in [2.75, 3.05) is 0 Å². The summed E-state index contributed by atoms with van der Waals surface area (Å²) in [6.45, 7) is 5.83. The van der Waals surface area contributed by atoms with Crippen molar-refractivity contribution in [3.63, 3.8) is 0 Å². The minimum Gasteiger partial charge on any atom is -0.322 e. The monoisotopic (exact) mass is 443 g/mol. The average molecular weight is 444 g/mol. The number of tetrazole rings is 1. The van der Waals surface area contributed by atoms with Crippen molar-refractivity contribution in [1.82, 2.24) is 35.1 Å². The van der Waals surface area contributed by atoms with Gasteiger partial charge in [-0.25, -0.2) is 4.68 Å². The van der Waals surface area contributed by atoms with Gasteiger partial charge in [-0.3, -0.25) is 14.7 Å². The molecule has 3 aromatic heterocycles. The van der Waals surface area contributed by atoms with Crippen LogP contribution < -0.4 is 5.56 Å². The lowest BCUT2D eigenvalue weighted by molar-refractivity contribution is 0.231. The van der Waals surface area contributed by atoms with Gasteiger partial charge in [0, 0.05) is 41.9 Å². The zero-order valence-electron chi connectivity index (χ0n) is 19.2. The van der Waals surface area contributed by atoms with Crippen LogP contribution in [0.15, 0.2) is 47.5 Å². The number of pyridine rings is 2. The molecule has 4 aromatic rings. The molecule has 0 saturated heterocycles. The molecule has 1 N–H and O–H groups in total. The van der Waals surface area contributed by atoms with Crippen LogP contribution in [0.25, 0.3) is 10.9 Å². The summed E-state index contributed by atoms with van der Waals surface area (Å²) >= 11 is 0. The zero-order chi connectivity index (χ0) is 22.8. The SMILES string of the molecule is Cc1cc(C)c2cc(CN(Cc3cccnc3)Cc3nnnn3C3CCCC3)c(=O)[nH]c2c1. The minimum atomic E-state index is -0.0564. The van der Waals surface area contributed by atoms with Crippen molar-refractivity contribution >= 4 is 10.9 Å². The van der Waals surface area contributed by atoms with E-state index in [0.717, 1.165) is 51.8 Å². The first-order valence-electron chi connectivity index (χ1n) is 11.6. The Hall–Kier alpha value is -3.39. The maximum absolute atomic E-state index is 13.0. The molecule has 0 spiro atoms. The Kier molecular flexibility index (Phi) is 6.00. The van der Waals surface area contributed by atoms with E-state index in [1.807, 2.05) is 36.0 Å². The summed E-state index contributed by atoms with van der Waals surface area (Å²) in [5.74, 6) is 0.842. The molecule has 3 heterocycles. The molecule has 1 aliphatic carbocycles. The van der Waals surface area contributed by atoms with Crippen LogP contribution in [0, 0.1) is 13.8 Å². The molecule has 1 saturated carbocycles. The van der Waals surface area contributed by atoms with E-state index in [9.17, 15) is 4.79 Å². The second-order valence-corrected chi connectivity index (χ2v) is 9.15. The molecule has 170 valence electrons. The van der Waals surface area contributed by atoms with Crippen molar-refractivity contribution in [2.24, 2.45) is 0 Å². The van der Waals surface area contributed by atoms with Gasteiger partial charge in [-0.1, -0.05) is 25.0 Å². The molecule has 8 heteroatoms. The maximum atomic E-state index is 13.0. The number of aromatic amines is 1. The number of H-pyrrole nitrogens is 1. The van der Waals surface area contributed by atoms with Crippen molar-refractivity contribution in [3.8, 4) is 0 Å². The predicted molar refractivity (Wildman–Crippen MR) is 127 cm³/mol. The lowest BCUT2D eigenvalue weighted by Gasteiger charge is -2.23. The van der Waals surface area contributed by atoms with Crippen LogP contribution in [0.3, 0.4) is 0 Å². The van der Waals surface area contributed by atoms with Crippen LogP contribution in [0.2, 0.25) is 0 Å². The van der Waals surface area contributed by atoms with E-state index >= 15 is 0 Å². The van der Waals surface area contributed by atoms with E-state index in [2.05, 4.69) is 49.4 Å². The van der Waals surface area contributed by atoms with Gasteiger partial charge >= 0.3 is 0 Å². The largest absolute Gasteiger partial charge is 0.322 e. The summed E-state index contributed by atoms with van der Waals surface area (Å²) in [5.41, 5.74) is 4.94. The van der Waals surface area contributed by atoms with Crippen LogP contribution in [0.5, 0.6) is 0 Å². The Morgan fingerprint density at radius 1 is 1.12 bits per heavy atom. The third-order valence-corrected chi connectivity index (χ3v) is 6.51. The standard InChI is InChI=1S/C25H29N7O/c1-17-10-18(2)22-12-20(25(33)27-23(22)11-17)15-31(14-19-6-5-9-26-13-19)16-24-28-29-30-32(24)21-7-3-4-8-21/h5-6,9-13,21H,3-4,7-8,14-16H2,1-2H3,(H,27,33). The van der Waals surface area contributed by atoms with Gasteiger partial charge in [0.1, 0.15) is 0 Å². The zero-order valence-corrected chi connectivity index (χ0v) is 19.2. The molecule has 1 fully saturated rings. The number of fused-ring (bicyclic) bond motifs is 1. The number of aryl methyl sites for hydroxylation is 2. The van der Waals surface area contributed by atoms with E-state index in [0.29, 0.717) is 25.7 Å². The lowest BCUT2D eigenvalue weighted by Crippen LogP contribution is -2.28. The van der Waals surface area contributed by atoms with Crippen LogP contribution in [0.4, 0.5) is 0 Å². The number of nitrogens with one attached hydrogen (secondary N) is 1. The smallest absolute Gasteiger partial charge is 0.252 e. The van der Waals surface area contributed by atoms with Gasteiger partial charge in [0.25, 0.3) is 5.56 Å². The van der Waals surface area contributed by atoms with Crippen LogP contribution in [-0.2, 0) is 19.6 Å². The highest BCUT2D eigenvalue weighted by Crippen LogP contribution is 2.29. The predicted octanol–water partition coefficient (Wildman–Crippen LogP) is 3.84. The second kappa shape index (κ2) is 9.23. The Morgan fingerprint density at radius 3 is 2.76 bits per heavy atom. The number of aromatic nitrogens is 6. The Labute approximate surface area is 192 Å².